The Morgan fingerprint density at radius 3 is 2.83 bits per heavy atom. The summed E-state index contributed by atoms with van der Waals surface area (Å²) in [7, 11) is 0. The Balaban J connectivity index is 0.00000208. The first-order valence-electron chi connectivity index (χ1n) is 9.04. The van der Waals surface area contributed by atoms with E-state index < -0.39 is 0 Å². The van der Waals surface area contributed by atoms with Gasteiger partial charge in [0.15, 0.2) is 5.96 Å². The van der Waals surface area contributed by atoms with Gasteiger partial charge in [-0.1, -0.05) is 12.8 Å². The summed E-state index contributed by atoms with van der Waals surface area (Å²) in [5, 5.41) is 14.0. The van der Waals surface area contributed by atoms with E-state index in [2.05, 4.69) is 32.7 Å². The molecule has 3 rings (SSSR count). The lowest BCUT2D eigenvalue weighted by atomic mass is 10.2. The van der Waals surface area contributed by atoms with Gasteiger partial charge in [0, 0.05) is 43.0 Å². The topological polar surface area (TPSA) is 68.3 Å². The minimum absolute atomic E-state index is 0. The molecule has 2 fully saturated rings. The van der Waals surface area contributed by atoms with Crippen molar-refractivity contribution in [3.05, 3.63) is 17.5 Å². The Labute approximate surface area is 162 Å². The maximum Gasteiger partial charge on any atom is 0.191 e. The Morgan fingerprint density at radius 2 is 2.17 bits per heavy atom. The zero-order valence-electron chi connectivity index (χ0n) is 14.8. The van der Waals surface area contributed by atoms with Crippen LogP contribution < -0.4 is 10.6 Å². The summed E-state index contributed by atoms with van der Waals surface area (Å²) >= 11 is 0. The van der Waals surface area contributed by atoms with Gasteiger partial charge in [-0.15, -0.1) is 24.0 Å². The summed E-state index contributed by atoms with van der Waals surface area (Å²) in [5.74, 6) is 0.923. The van der Waals surface area contributed by atoms with Crippen molar-refractivity contribution in [1.82, 2.24) is 25.7 Å². The summed E-state index contributed by atoms with van der Waals surface area (Å²) in [6.45, 7) is 8.07. The molecule has 1 atom stereocenters. The quantitative estimate of drug-likeness (QED) is 0.369. The number of guanidine groups is 1. The van der Waals surface area contributed by atoms with Crippen LogP contribution in [0.5, 0.6) is 0 Å². The van der Waals surface area contributed by atoms with E-state index in [0.717, 1.165) is 36.3 Å². The first kappa shape index (κ1) is 19.5. The molecule has 2 aliphatic rings. The normalized spacial score (nSPS) is 22.6. The minimum atomic E-state index is 0. The van der Waals surface area contributed by atoms with Crippen molar-refractivity contribution in [2.24, 2.45) is 4.99 Å². The van der Waals surface area contributed by atoms with Crippen molar-refractivity contribution in [3.8, 4) is 0 Å². The van der Waals surface area contributed by atoms with Crippen molar-refractivity contribution in [2.45, 2.75) is 64.6 Å². The van der Waals surface area contributed by atoms with Crippen molar-refractivity contribution < 1.29 is 0 Å². The predicted octanol–water partition coefficient (Wildman–Crippen LogP) is 2.41. The summed E-state index contributed by atoms with van der Waals surface area (Å²) in [6, 6.07) is 1.34. The average molecular weight is 446 g/mol. The molecule has 1 aliphatic carbocycles. The highest BCUT2D eigenvalue weighted by Crippen LogP contribution is 2.26. The zero-order chi connectivity index (χ0) is 16.1. The monoisotopic (exact) mass is 446 g/mol. The van der Waals surface area contributed by atoms with Crippen LogP contribution in [0.15, 0.2) is 11.2 Å². The van der Waals surface area contributed by atoms with Crippen LogP contribution in [0, 0.1) is 6.92 Å². The van der Waals surface area contributed by atoms with E-state index in [1.54, 1.807) is 0 Å². The molecule has 1 aliphatic heterocycles. The number of hydrogen-bond acceptors (Lipinski definition) is 3. The number of aromatic nitrogens is 2. The third kappa shape index (κ3) is 5.08. The highest BCUT2D eigenvalue weighted by molar-refractivity contribution is 14.0. The lowest BCUT2D eigenvalue weighted by Gasteiger charge is -2.24. The van der Waals surface area contributed by atoms with Gasteiger partial charge in [-0.25, -0.2) is 4.99 Å². The van der Waals surface area contributed by atoms with Gasteiger partial charge < -0.3 is 10.6 Å². The molecule has 1 unspecified atom stereocenters. The van der Waals surface area contributed by atoms with E-state index in [0.29, 0.717) is 12.6 Å². The fourth-order valence-corrected chi connectivity index (χ4v) is 3.72. The number of rotatable bonds is 5. The summed E-state index contributed by atoms with van der Waals surface area (Å²) in [6.07, 6.45) is 8.67. The van der Waals surface area contributed by atoms with E-state index in [1.807, 2.05) is 13.1 Å². The molecule has 1 saturated heterocycles. The van der Waals surface area contributed by atoms with Gasteiger partial charge in [0.05, 0.1) is 12.7 Å². The number of aryl methyl sites for hydroxylation is 1. The van der Waals surface area contributed by atoms with E-state index in [9.17, 15) is 0 Å². The molecule has 24 heavy (non-hydrogen) atoms. The zero-order valence-corrected chi connectivity index (χ0v) is 17.2. The Hall–Kier alpha value is -0.830. The van der Waals surface area contributed by atoms with Crippen LogP contribution in [-0.2, 0) is 6.54 Å². The van der Waals surface area contributed by atoms with Crippen LogP contribution in [0.3, 0.4) is 0 Å². The Bertz CT molecular complexity index is 523. The molecule has 136 valence electrons. The van der Waals surface area contributed by atoms with E-state index in [-0.39, 0.29) is 24.0 Å². The van der Waals surface area contributed by atoms with Crippen LogP contribution in [0.1, 0.15) is 50.3 Å². The second-order valence-corrected chi connectivity index (χ2v) is 6.78. The van der Waals surface area contributed by atoms with Gasteiger partial charge in [-0.2, -0.15) is 5.10 Å². The number of halogens is 1. The minimum Gasteiger partial charge on any atom is -0.357 e. The first-order valence-corrected chi connectivity index (χ1v) is 9.04. The van der Waals surface area contributed by atoms with Crippen LogP contribution in [0.25, 0.3) is 0 Å². The summed E-state index contributed by atoms with van der Waals surface area (Å²) in [4.78, 5) is 7.39. The third-order valence-electron chi connectivity index (χ3n) is 5.09. The maximum absolute atomic E-state index is 4.72. The van der Waals surface area contributed by atoms with Crippen LogP contribution in [-0.4, -0.2) is 52.8 Å². The lowest BCUT2D eigenvalue weighted by Crippen LogP contribution is -2.45. The molecule has 0 bridgehead atoms. The number of H-pyrrole nitrogens is 1. The number of likely N-dealkylation sites (tertiary alicyclic amines) is 1. The van der Waals surface area contributed by atoms with E-state index in [4.69, 9.17) is 4.99 Å². The molecule has 0 aromatic carbocycles. The molecule has 0 amide bonds. The van der Waals surface area contributed by atoms with E-state index in [1.165, 1.54) is 38.6 Å². The fraction of sp³-hybridized carbons (Fsp3) is 0.765. The smallest absolute Gasteiger partial charge is 0.191 e. The van der Waals surface area contributed by atoms with Crippen LogP contribution in [0.4, 0.5) is 0 Å². The van der Waals surface area contributed by atoms with Crippen molar-refractivity contribution in [2.75, 3.05) is 19.6 Å². The molecule has 0 radical (unpaired) electrons. The van der Waals surface area contributed by atoms with Crippen molar-refractivity contribution in [1.29, 1.82) is 0 Å². The molecular formula is C17H31IN6. The molecule has 3 N–H and O–H groups in total. The second kappa shape index (κ2) is 9.60. The highest BCUT2D eigenvalue weighted by Gasteiger charge is 2.30. The molecule has 7 heteroatoms. The maximum atomic E-state index is 4.72. The highest BCUT2D eigenvalue weighted by atomic mass is 127. The second-order valence-electron chi connectivity index (χ2n) is 6.78. The number of nitrogens with zero attached hydrogens (tertiary/aromatic N) is 3. The standard InChI is InChI=1S/C17H30N6.HI/c1-3-18-17(19-10-14-11-20-22-13(14)2)21-15-8-9-23(12-15)16-6-4-5-7-16;/h11,15-16H,3-10,12H2,1-2H3,(H,20,22)(H2,18,19,21);1H. The molecule has 6 nitrogen and oxygen atoms in total. The van der Waals surface area contributed by atoms with Gasteiger partial charge in [0.1, 0.15) is 0 Å². The van der Waals surface area contributed by atoms with E-state index >= 15 is 0 Å². The Morgan fingerprint density at radius 1 is 1.38 bits per heavy atom. The van der Waals surface area contributed by atoms with Gasteiger partial charge in [0.25, 0.3) is 0 Å². The van der Waals surface area contributed by atoms with Crippen LogP contribution in [0.2, 0.25) is 0 Å². The van der Waals surface area contributed by atoms with Gasteiger partial charge in [-0.05, 0) is 33.1 Å². The van der Waals surface area contributed by atoms with Gasteiger partial charge >= 0.3 is 0 Å². The number of aliphatic imine (C=N–C) groups is 1. The molecule has 1 aromatic rings. The SMILES string of the molecule is CCNC(=NCc1cn[nH]c1C)NC1CCN(C2CCCC2)C1.I. The third-order valence-corrected chi connectivity index (χ3v) is 5.09. The molecule has 1 aromatic heterocycles. The molecule has 1 saturated carbocycles. The lowest BCUT2D eigenvalue weighted by molar-refractivity contribution is 0.242. The average Bonchev–Trinajstić information content (AvgIpc) is 3.26. The Kier molecular flexibility index (Phi) is 7.80. The first-order chi connectivity index (χ1) is 11.3. The predicted molar refractivity (Wildman–Crippen MR) is 109 cm³/mol. The van der Waals surface area contributed by atoms with Crippen molar-refractivity contribution in [3.63, 3.8) is 0 Å². The molecule has 0 spiro atoms. The number of hydrogen-bond donors (Lipinski definition) is 3. The summed E-state index contributed by atoms with van der Waals surface area (Å²) < 4.78 is 0. The van der Waals surface area contributed by atoms with Crippen molar-refractivity contribution >= 4 is 29.9 Å². The van der Waals surface area contributed by atoms with Crippen LogP contribution >= 0.6 is 24.0 Å². The van der Waals surface area contributed by atoms with Gasteiger partial charge in [-0.3, -0.25) is 10.00 Å². The van der Waals surface area contributed by atoms with Gasteiger partial charge in [0.2, 0.25) is 0 Å². The number of nitrogens with one attached hydrogen (secondary N) is 3. The molecule has 2 heterocycles. The number of aromatic amines is 1. The molecular weight excluding hydrogens is 415 g/mol. The largest absolute Gasteiger partial charge is 0.357 e. The fourth-order valence-electron chi connectivity index (χ4n) is 3.72. The summed E-state index contributed by atoms with van der Waals surface area (Å²) in [5.41, 5.74) is 2.25.